The molecule has 1 saturated heterocycles. The fourth-order valence-electron chi connectivity index (χ4n) is 3.37. The van der Waals surface area contributed by atoms with Gasteiger partial charge in [0.15, 0.2) is 0 Å². The van der Waals surface area contributed by atoms with Crippen molar-refractivity contribution in [1.82, 2.24) is 15.1 Å². The van der Waals surface area contributed by atoms with Crippen LogP contribution in [0.1, 0.15) is 39.5 Å². The van der Waals surface area contributed by atoms with Gasteiger partial charge in [-0.25, -0.2) is 0 Å². The lowest BCUT2D eigenvalue weighted by Gasteiger charge is -2.37. The monoisotopic (exact) mass is 281 g/mol. The number of nitrogens with zero attached hydrogens (tertiary/aromatic N) is 2. The van der Waals surface area contributed by atoms with Crippen molar-refractivity contribution in [1.29, 1.82) is 0 Å². The van der Waals surface area contributed by atoms with Gasteiger partial charge < -0.3 is 15.1 Å². The van der Waals surface area contributed by atoms with Crippen LogP contribution in [-0.4, -0.2) is 60.4 Å². The van der Waals surface area contributed by atoms with Gasteiger partial charge in [-0.3, -0.25) is 9.59 Å². The molecular formula is C15H27N3O2. The van der Waals surface area contributed by atoms with Crippen molar-refractivity contribution in [2.45, 2.75) is 45.6 Å². The molecule has 1 unspecified atom stereocenters. The summed E-state index contributed by atoms with van der Waals surface area (Å²) in [5.41, 5.74) is 0. The summed E-state index contributed by atoms with van der Waals surface area (Å²) in [6.45, 7) is 8.16. The van der Waals surface area contributed by atoms with Gasteiger partial charge in [0.1, 0.15) is 6.04 Å². The highest BCUT2D eigenvalue weighted by Crippen LogP contribution is 2.28. The summed E-state index contributed by atoms with van der Waals surface area (Å²) in [4.78, 5) is 28.4. The first-order valence-corrected chi connectivity index (χ1v) is 7.90. The zero-order valence-corrected chi connectivity index (χ0v) is 12.7. The fourth-order valence-corrected chi connectivity index (χ4v) is 3.37. The molecule has 1 aliphatic carbocycles. The van der Waals surface area contributed by atoms with Crippen LogP contribution in [0.5, 0.6) is 0 Å². The highest BCUT2D eigenvalue weighted by Gasteiger charge is 2.34. The lowest BCUT2D eigenvalue weighted by Crippen LogP contribution is -2.56. The van der Waals surface area contributed by atoms with Crippen molar-refractivity contribution < 1.29 is 9.59 Å². The predicted molar refractivity (Wildman–Crippen MR) is 78.3 cm³/mol. The molecule has 1 atom stereocenters. The molecular weight excluding hydrogens is 254 g/mol. The van der Waals surface area contributed by atoms with E-state index in [1.165, 1.54) is 19.8 Å². The van der Waals surface area contributed by atoms with Crippen molar-refractivity contribution in [3.8, 4) is 0 Å². The number of hydrogen-bond acceptors (Lipinski definition) is 3. The summed E-state index contributed by atoms with van der Waals surface area (Å²) < 4.78 is 0. The number of carbonyl (C=O) groups excluding carboxylic acids is 2. The van der Waals surface area contributed by atoms with Crippen LogP contribution >= 0.6 is 0 Å². The van der Waals surface area contributed by atoms with Gasteiger partial charge in [0.05, 0.1) is 0 Å². The second-order valence-corrected chi connectivity index (χ2v) is 5.98. The van der Waals surface area contributed by atoms with Gasteiger partial charge in [0.25, 0.3) is 0 Å². The number of amides is 2. The Bertz CT molecular complexity index is 345. The Labute approximate surface area is 121 Å². The smallest absolute Gasteiger partial charge is 0.245 e. The van der Waals surface area contributed by atoms with Crippen LogP contribution < -0.4 is 5.32 Å². The molecule has 0 spiro atoms. The maximum atomic E-state index is 12.7. The highest BCUT2D eigenvalue weighted by atomic mass is 16.2. The number of carbonyl (C=O) groups is 2. The molecule has 114 valence electrons. The van der Waals surface area contributed by atoms with Crippen LogP contribution in [0.25, 0.3) is 0 Å². The van der Waals surface area contributed by atoms with E-state index in [1.54, 1.807) is 0 Å². The molecule has 2 aliphatic rings. The molecule has 2 fully saturated rings. The molecule has 0 aromatic rings. The first-order chi connectivity index (χ1) is 9.61. The molecule has 2 amide bonds. The van der Waals surface area contributed by atoms with Gasteiger partial charge >= 0.3 is 0 Å². The summed E-state index contributed by atoms with van der Waals surface area (Å²) in [5, 5.41) is 2.90. The predicted octanol–water partition coefficient (Wildman–Crippen LogP) is 0.845. The van der Waals surface area contributed by atoms with E-state index in [4.69, 9.17) is 0 Å². The number of rotatable bonds is 4. The van der Waals surface area contributed by atoms with Gasteiger partial charge in [0, 0.05) is 33.1 Å². The van der Waals surface area contributed by atoms with Crippen LogP contribution in [-0.2, 0) is 9.59 Å². The largest absolute Gasteiger partial charge is 0.344 e. The topological polar surface area (TPSA) is 52.6 Å². The third-order valence-corrected chi connectivity index (χ3v) is 4.63. The summed E-state index contributed by atoms with van der Waals surface area (Å²) in [6.07, 6.45) is 4.48. The van der Waals surface area contributed by atoms with Crippen LogP contribution in [0.2, 0.25) is 0 Å². The molecule has 1 saturated carbocycles. The average molecular weight is 281 g/mol. The second kappa shape index (κ2) is 7.07. The van der Waals surface area contributed by atoms with Crippen LogP contribution in [0.3, 0.4) is 0 Å². The van der Waals surface area contributed by atoms with Crippen molar-refractivity contribution >= 4 is 11.8 Å². The highest BCUT2D eigenvalue weighted by molar-refractivity contribution is 5.87. The number of likely N-dealkylation sites (N-methyl/N-ethyl adjacent to an activating group) is 1. The molecule has 1 heterocycles. The molecule has 0 bridgehead atoms. The SMILES string of the molecule is CCN1CCN(C(=O)C(NC(C)=O)C2CCCC2)CC1. The van der Waals surface area contributed by atoms with Crippen molar-refractivity contribution in [3.63, 3.8) is 0 Å². The lowest BCUT2D eigenvalue weighted by molar-refractivity contribution is -0.139. The van der Waals surface area contributed by atoms with Gasteiger partial charge in [-0.15, -0.1) is 0 Å². The van der Waals surface area contributed by atoms with Gasteiger partial charge in [-0.2, -0.15) is 0 Å². The Morgan fingerprint density at radius 1 is 1.15 bits per heavy atom. The maximum Gasteiger partial charge on any atom is 0.245 e. The average Bonchev–Trinajstić information content (AvgIpc) is 2.98. The van der Waals surface area contributed by atoms with E-state index >= 15 is 0 Å². The van der Waals surface area contributed by atoms with Gasteiger partial charge in [0.2, 0.25) is 11.8 Å². The van der Waals surface area contributed by atoms with Crippen LogP contribution in [0, 0.1) is 5.92 Å². The molecule has 0 radical (unpaired) electrons. The Morgan fingerprint density at radius 3 is 2.25 bits per heavy atom. The van der Waals surface area contributed by atoms with Crippen LogP contribution in [0.15, 0.2) is 0 Å². The first kappa shape index (κ1) is 15.3. The summed E-state index contributed by atoms with van der Waals surface area (Å²) in [7, 11) is 0. The second-order valence-electron chi connectivity index (χ2n) is 5.98. The summed E-state index contributed by atoms with van der Waals surface area (Å²) >= 11 is 0. The van der Waals surface area contributed by atoms with E-state index in [-0.39, 0.29) is 17.9 Å². The van der Waals surface area contributed by atoms with Crippen molar-refractivity contribution in [3.05, 3.63) is 0 Å². The Morgan fingerprint density at radius 2 is 1.75 bits per heavy atom. The van der Waals surface area contributed by atoms with Crippen LogP contribution in [0.4, 0.5) is 0 Å². The van der Waals surface area contributed by atoms with E-state index in [0.717, 1.165) is 45.6 Å². The zero-order chi connectivity index (χ0) is 14.5. The maximum absolute atomic E-state index is 12.7. The molecule has 5 nitrogen and oxygen atoms in total. The Balaban J connectivity index is 1.97. The number of nitrogens with one attached hydrogen (secondary N) is 1. The standard InChI is InChI=1S/C15H27N3O2/c1-3-17-8-10-18(11-9-17)15(20)14(16-12(2)19)13-6-4-5-7-13/h13-14H,3-11H2,1-2H3,(H,16,19). The lowest BCUT2D eigenvalue weighted by atomic mass is 9.96. The van der Waals surface area contributed by atoms with E-state index < -0.39 is 0 Å². The summed E-state index contributed by atoms with van der Waals surface area (Å²) in [6, 6.07) is -0.303. The van der Waals surface area contributed by atoms with Gasteiger partial charge in [-0.1, -0.05) is 19.8 Å². The zero-order valence-electron chi connectivity index (χ0n) is 12.7. The van der Waals surface area contributed by atoms with Crippen molar-refractivity contribution in [2.24, 2.45) is 5.92 Å². The quantitative estimate of drug-likeness (QED) is 0.831. The van der Waals surface area contributed by atoms with E-state index in [1.807, 2.05) is 4.90 Å². The van der Waals surface area contributed by atoms with Crippen molar-refractivity contribution in [2.75, 3.05) is 32.7 Å². The Kier molecular flexibility index (Phi) is 5.40. The Hall–Kier alpha value is -1.10. The molecule has 5 heteroatoms. The minimum atomic E-state index is -0.303. The van der Waals surface area contributed by atoms with E-state index in [2.05, 4.69) is 17.1 Å². The molecule has 1 aliphatic heterocycles. The normalized spacial score (nSPS) is 22.8. The molecule has 1 N–H and O–H groups in total. The molecule has 20 heavy (non-hydrogen) atoms. The third-order valence-electron chi connectivity index (χ3n) is 4.63. The molecule has 0 aromatic heterocycles. The van der Waals surface area contributed by atoms with E-state index in [0.29, 0.717) is 5.92 Å². The summed E-state index contributed by atoms with van der Waals surface area (Å²) in [5.74, 6) is 0.362. The molecule has 2 rings (SSSR count). The number of piperazine rings is 1. The number of hydrogen-bond donors (Lipinski definition) is 1. The third kappa shape index (κ3) is 3.72. The fraction of sp³-hybridized carbons (Fsp3) is 0.867. The minimum absolute atomic E-state index is 0.0950. The minimum Gasteiger partial charge on any atom is -0.344 e. The first-order valence-electron chi connectivity index (χ1n) is 7.90. The van der Waals surface area contributed by atoms with E-state index in [9.17, 15) is 9.59 Å². The molecule has 0 aromatic carbocycles. The van der Waals surface area contributed by atoms with Gasteiger partial charge in [-0.05, 0) is 25.3 Å².